The molecule has 0 aliphatic rings. The van der Waals surface area contributed by atoms with Gasteiger partial charge in [-0.3, -0.25) is 0 Å². The van der Waals surface area contributed by atoms with E-state index in [1.54, 1.807) is 35.9 Å². The number of hydrogen-bond acceptors (Lipinski definition) is 4. The van der Waals surface area contributed by atoms with E-state index in [0.29, 0.717) is 11.4 Å². The van der Waals surface area contributed by atoms with Crippen molar-refractivity contribution >= 4 is 5.97 Å². The minimum atomic E-state index is -0.511. The number of esters is 1. The normalized spacial score (nSPS) is 10.5. The molecule has 0 saturated carbocycles. The number of carbonyl (C=O) groups is 1. The van der Waals surface area contributed by atoms with Crippen LogP contribution in [0.25, 0.3) is 5.69 Å². The number of aryl methyl sites for hydroxylation is 1. The Bertz CT molecular complexity index is 810. The molecule has 5 nitrogen and oxygen atoms in total. The Hall–Kier alpha value is -2.95. The molecule has 2 aromatic carbocycles. The third-order valence-corrected chi connectivity index (χ3v) is 3.29. The molecule has 0 radical (unpaired) electrons. The average Bonchev–Trinajstić information content (AvgIpc) is 2.90. The second-order valence-corrected chi connectivity index (χ2v) is 4.98. The van der Waals surface area contributed by atoms with Crippen LogP contribution < -0.4 is 4.74 Å². The Morgan fingerprint density at radius 2 is 1.82 bits per heavy atom. The molecule has 3 rings (SSSR count). The zero-order valence-corrected chi connectivity index (χ0v) is 12.4. The van der Waals surface area contributed by atoms with Crippen molar-refractivity contribution < 1.29 is 9.53 Å². The van der Waals surface area contributed by atoms with Crippen molar-refractivity contribution in [2.75, 3.05) is 0 Å². The predicted octanol–water partition coefficient (Wildman–Crippen LogP) is 3.10. The molecule has 0 aliphatic heterocycles. The van der Waals surface area contributed by atoms with Crippen molar-refractivity contribution in [3.05, 3.63) is 71.5 Å². The molecule has 0 bridgehead atoms. The van der Waals surface area contributed by atoms with Crippen LogP contribution in [0.2, 0.25) is 0 Å². The summed E-state index contributed by atoms with van der Waals surface area (Å²) in [5.41, 5.74) is 2.83. The highest BCUT2D eigenvalue weighted by Crippen LogP contribution is 2.16. The molecule has 22 heavy (non-hydrogen) atoms. The van der Waals surface area contributed by atoms with Crippen molar-refractivity contribution in [3.8, 4) is 11.4 Å². The van der Waals surface area contributed by atoms with Crippen LogP contribution in [0, 0.1) is 13.8 Å². The number of ether oxygens (including phenoxy) is 1. The number of para-hydroxylation sites is 1. The minimum absolute atomic E-state index is 0.213. The summed E-state index contributed by atoms with van der Waals surface area (Å²) in [5.74, 6) is -0.0281. The fourth-order valence-corrected chi connectivity index (χ4v) is 2.17. The first kappa shape index (κ1) is 14.0. The van der Waals surface area contributed by atoms with E-state index in [2.05, 4.69) is 10.3 Å². The SMILES string of the molecule is Cc1cccc(-n2nnc(C(=O)Oc3ccccc3)c2C)c1. The van der Waals surface area contributed by atoms with Crippen LogP contribution >= 0.6 is 0 Å². The molecule has 0 spiro atoms. The van der Waals surface area contributed by atoms with E-state index in [4.69, 9.17) is 4.74 Å². The van der Waals surface area contributed by atoms with E-state index in [1.165, 1.54) is 0 Å². The number of benzene rings is 2. The van der Waals surface area contributed by atoms with Gasteiger partial charge in [0.05, 0.1) is 11.4 Å². The van der Waals surface area contributed by atoms with E-state index < -0.39 is 5.97 Å². The molecule has 0 unspecified atom stereocenters. The van der Waals surface area contributed by atoms with Gasteiger partial charge < -0.3 is 4.74 Å². The fourth-order valence-electron chi connectivity index (χ4n) is 2.17. The molecule has 110 valence electrons. The number of hydrogen-bond donors (Lipinski definition) is 0. The lowest BCUT2D eigenvalue weighted by Crippen LogP contribution is -2.11. The summed E-state index contributed by atoms with van der Waals surface area (Å²) >= 11 is 0. The topological polar surface area (TPSA) is 57.0 Å². The van der Waals surface area contributed by atoms with Gasteiger partial charge in [0.25, 0.3) is 0 Å². The predicted molar refractivity (Wildman–Crippen MR) is 82.2 cm³/mol. The number of nitrogens with zero attached hydrogens (tertiary/aromatic N) is 3. The molecule has 1 aromatic heterocycles. The van der Waals surface area contributed by atoms with Crippen LogP contribution in [0.5, 0.6) is 5.75 Å². The van der Waals surface area contributed by atoms with Crippen molar-refractivity contribution in [3.63, 3.8) is 0 Å². The van der Waals surface area contributed by atoms with Gasteiger partial charge in [0.2, 0.25) is 0 Å². The first-order chi connectivity index (χ1) is 10.6. The third-order valence-electron chi connectivity index (χ3n) is 3.29. The number of rotatable bonds is 3. The molecule has 0 fully saturated rings. The van der Waals surface area contributed by atoms with Crippen LogP contribution in [0.15, 0.2) is 54.6 Å². The second kappa shape index (κ2) is 5.81. The Balaban J connectivity index is 1.89. The maximum atomic E-state index is 12.2. The molecular weight excluding hydrogens is 278 g/mol. The Kier molecular flexibility index (Phi) is 3.70. The van der Waals surface area contributed by atoms with E-state index in [1.807, 2.05) is 37.3 Å². The largest absolute Gasteiger partial charge is 0.422 e. The molecule has 1 heterocycles. The summed E-state index contributed by atoms with van der Waals surface area (Å²) in [4.78, 5) is 12.2. The average molecular weight is 293 g/mol. The molecule has 0 saturated heterocycles. The molecule has 0 atom stereocenters. The van der Waals surface area contributed by atoms with Crippen molar-refractivity contribution in [1.29, 1.82) is 0 Å². The van der Waals surface area contributed by atoms with Gasteiger partial charge in [0.1, 0.15) is 5.75 Å². The van der Waals surface area contributed by atoms with Crippen LogP contribution in [-0.2, 0) is 0 Å². The fraction of sp³-hybridized carbons (Fsp3) is 0.118. The van der Waals surface area contributed by atoms with Crippen molar-refractivity contribution in [2.24, 2.45) is 0 Å². The molecule has 3 aromatic rings. The first-order valence-corrected chi connectivity index (χ1v) is 6.92. The maximum Gasteiger partial charge on any atom is 0.366 e. The smallest absolute Gasteiger partial charge is 0.366 e. The van der Waals surface area contributed by atoms with Crippen molar-refractivity contribution in [1.82, 2.24) is 15.0 Å². The Morgan fingerprint density at radius 1 is 1.05 bits per heavy atom. The Labute approximate surface area is 128 Å². The highest BCUT2D eigenvalue weighted by atomic mass is 16.5. The molecule has 0 aliphatic carbocycles. The van der Waals surface area contributed by atoms with Crippen LogP contribution in [-0.4, -0.2) is 21.0 Å². The highest BCUT2D eigenvalue weighted by Gasteiger charge is 2.19. The van der Waals surface area contributed by atoms with Gasteiger partial charge in [-0.25, -0.2) is 9.48 Å². The molecule has 0 N–H and O–H groups in total. The lowest BCUT2D eigenvalue weighted by molar-refractivity contribution is 0.0727. The maximum absolute atomic E-state index is 12.2. The third kappa shape index (κ3) is 2.74. The van der Waals surface area contributed by atoms with Gasteiger partial charge in [-0.15, -0.1) is 5.10 Å². The number of aromatic nitrogens is 3. The summed E-state index contributed by atoms with van der Waals surface area (Å²) in [7, 11) is 0. The molecule has 0 amide bonds. The van der Waals surface area contributed by atoms with Crippen molar-refractivity contribution in [2.45, 2.75) is 13.8 Å². The Morgan fingerprint density at radius 3 is 2.55 bits per heavy atom. The van der Waals surface area contributed by atoms with Crippen LogP contribution in [0.1, 0.15) is 21.7 Å². The van der Waals surface area contributed by atoms with Gasteiger partial charge in [-0.2, -0.15) is 0 Å². The standard InChI is InChI=1S/C17H15N3O2/c1-12-7-6-8-14(11-12)20-13(2)16(18-19-20)17(21)22-15-9-4-3-5-10-15/h3-11H,1-2H3. The first-order valence-electron chi connectivity index (χ1n) is 6.92. The number of carbonyl (C=O) groups excluding carboxylic acids is 1. The zero-order chi connectivity index (χ0) is 15.5. The minimum Gasteiger partial charge on any atom is -0.422 e. The van der Waals surface area contributed by atoms with Gasteiger partial charge >= 0.3 is 5.97 Å². The summed E-state index contributed by atoms with van der Waals surface area (Å²) in [6.07, 6.45) is 0. The van der Waals surface area contributed by atoms with E-state index in [9.17, 15) is 4.79 Å². The highest BCUT2D eigenvalue weighted by molar-refractivity contribution is 5.90. The van der Waals surface area contributed by atoms with Gasteiger partial charge in [-0.1, -0.05) is 35.5 Å². The summed E-state index contributed by atoms with van der Waals surface area (Å²) in [6, 6.07) is 16.7. The van der Waals surface area contributed by atoms with Gasteiger partial charge in [-0.05, 0) is 43.7 Å². The monoisotopic (exact) mass is 293 g/mol. The molecule has 5 heteroatoms. The van der Waals surface area contributed by atoms with E-state index >= 15 is 0 Å². The van der Waals surface area contributed by atoms with Gasteiger partial charge in [0, 0.05) is 0 Å². The lowest BCUT2D eigenvalue weighted by Gasteiger charge is -2.05. The summed E-state index contributed by atoms with van der Waals surface area (Å²) < 4.78 is 6.93. The second-order valence-electron chi connectivity index (χ2n) is 4.98. The summed E-state index contributed by atoms with van der Waals surface area (Å²) in [6.45, 7) is 3.80. The van der Waals surface area contributed by atoms with Gasteiger partial charge in [0.15, 0.2) is 5.69 Å². The van der Waals surface area contributed by atoms with E-state index in [-0.39, 0.29) is 5.69 Å². The lowest BCUT2D eigenvalue weighted by atomic mass is 10.2. The molecular formula is C17H15N3O2. The van der Waals surface area contributed by atoms with E-state index in [0.717, 1.165) is 11.3 Å². The van der Waals surface area contributed by atoms with Crippen LogP contribution in [0.4, 0.5) is 0 Å². The quantitative estimate of drug-likeness (QED) is 0.550. The summed E-state index contributed by atoms with van der Waals surface area (Å²) in [5, 5.41) is 8.01. The zero-order valence-electron chi connectivity index (χ0n) is 12.4. The van der Waals surface area contributed by atoms with Crippen LogP contribution in [0.3, 0.4) is 0 Å².